The first kappa shape index (κ1) is 16.3. The van der Waals surface area contributed by atoms with Gasteiger partial charge in [0.25, 0.3) is 0 Å². The molecule has 6 heteroatoms. The highest BCUT2D eigenvalue weighted by Crippen LogP contribution is 2.19. The van der Waals surface area contributed by atoms with Crippen molar-refractivity contribution in [2.75, 3.05) is 19.8 Å². The van der Waals surface area contributed by atoms with Crippen LogP contribution >= 0.6 is 15.9 Å². The van der Waals surface area contributed by atoms with Gasteiger partial charge in [-0.15, -0.1) is 0 Å². The van der Waals surface area contributed by atoms with Gasteiger partial charge in [0, 0.05) is 17.7 Å². The molecule has 1 amide bonds. The molecule has 1 aromatic rings. The van der Waals surface area contributed by atoms with E-state index < -0.39 is 5.54 Å². The zero-order chi connectivity index (χ0) is 15.3. The van der Waals surface area contributed by atoms with E-state index in [0.29, 0.717) is 32.6 Å². The molecule has 0 aliphatic carbocycles. The maximum absolute atomic E-state index is 12.2. The minimum Gasteiger partial charge on any atom is -0.489 e. The monoisotopic (exact) mass is 356 g/mol. The molecule has 1 atom stereocenters. The highest BCUT2D eigenvalue weighted by molar-refractivity contribution is 9.10. The standard InChI is InChI=1S/C15H21BrN2O3/c1-11(21-13-4-2-3-12(16)9-13)10-18-14(19)15(17)5-7-20-8-6-15/h2-4,9,11H,5-8,10,17H2,1H3,(H,18,19). The molecule has 0 radical (unpaired) electrons. The SMILES string of the molecule is CC(CNC(=O)C1(N)CCOCC1)Oc1cccc(Br)c1. The van der Waals surface area contributed by atoms with E-state index in [1.165, 1.54) is 0 Å². The van der Waals surface area contributed by atoms with Crippen molar-refractivity contribution in [2.24, 2.45) is 5.73 Å². The molecule has 2 rings (SSSR count). The van der Waals surface area contributed by atoms with Crippen molar-refractivity contribution in [2.45, 2.75) is 31.4 Å². The zero-order valence-electron chi connectivity index (χ0n) is 12.1. The van der Waals surface area contributed by atoms with Gasteiger partial charge in [-0.25, -0.2) is 0 Å². The smallest absolute Gasteiger partial charge is 0.240 e. The Balaban J connectivity index is 1.80. The van der Waals surface area contributed by atoms with E-state index in [-0.39, 0.29) is 12.0 Å². The van der Waals surface area contributed by atoms with Crippen LogP contribution in [0, 0.1) is 0 Å². The van der Waals surface area contributed by atoms with Crippen LogP contribution in [-0.2, 0) is 9.53 Å². The van der Waals surface area contributed by atoms with Gasteiger partial charge >= 0.3 is 0 Å². The van der Waals surface area contributed by atoms with E-state index in [9.17, 15) is 4.79 Å². The number of hydrogen-bond donors (Lipinski definition) is 2. The molecular weight excluding hydrogens is 336 g/mol. The maximum Gasteiger partial charge on any atom is 0.240 e. The Labute approximate surface area is 133 Å². The fourth-order valence-corrected chi connectivity index (χ4v) is 2.57. The molecule has 3 N–H and O–H groups in total. The van der Waals surface area contributed by atoms with Crippen molar-refractivity contribution < 1.29 is 14.3 Å². The summed E-state index contributed by atoms with van der Waals surface area (Å²) in [5, 5.41) is 2.87. The number of halogens is 1. The quantitative estimate of drug-likeness (QED) is 0.844. The first-order valence-corrected chi connectivity index (χ1v) is 7.86. The lowest BCUT2D eigenvalue weighted by molar-refractivity contribution is -0.130. The maximum atomic E-state index is 12.2. The summed E-state index contributed by atoms with van der Waals surface area (Å²) in [4.78, 5) is 12.2. The number of benzene rings is 1. The molecule has 0 aromatic heterocycles. The Morgan fingerprint density at radius 2 is 2.24 bits per heavy atom. The Hall–Kier alpha value is -1.11. The van der Waals surface area contributed by atoms with Crippen molar-refractivity contribution in [3.05, 3.63) is 28.7 Å². The second-order valence-corrected chi connectivity index (χ2v) is 6.28. The summed E-state index contributed by atoms with van der Waals surface area (Å²) in [6.07, 6.45) is 0.978. The van der Waals surface area contributed by atoms with E-state index in [4.69, 9.17) is 15.2 Å². The van der Waals surface area contributed by atoms with E-state index >= 15 is 0 Å². The van der Waals surface area contributed by atoms with Gasteiger partial charge in [-0.1, -0.05) is 22.0 Å². The summed E-state index contributed by atoms with van der Waals surface area (Å²) < 4.78 is 12.0. The molecular formula is C15H21BrN2O3. The average Bonchev–Trinajstić information content (AvgIpc) is 2.45. The second-order valence-electron chi connectivity index (χ2n) is 5.36. The van der Waals surface area contributed by atoms with Crippen LogP contribution in [0.25, 0.3) is 0 Å². The normalized spacial score (nSPS) is 18.8. The van der Waals surface area contributed by atoms with Gasteiger partial charge in [0.2, 0.25) is 5.91 Å². The Morgan fingerprint density at radius 1 is 1.52 bits per heavy atom. The lowest BCUT2D eigenvalue weighted by Crippen LogP contribution is -2.57. The molecule has 1 fully saturated rings. The van der Waals surface area contributed by atoms with Crippen molar-refractivity contribution in [1.82, 2.24) is 5.32 Å². The number of amides is 1. The first-order valence-electron chi connectivity index (χ1n) is 7.07. The van der Waals surface area contributed by atoms with E-state index in [1.54, 1.807) is 0 Å². The number of hydrogen-bond acceptors (Lipinski definition) is 4. The van der Waals surface area contributed by atoms with Gasteiger partial charge < -0.3 is 20.5 Å². The van der Waals surface area contributed by atoms with E-state index in [0.717, 1.165) is 10.2 Å². The summed E-state index contributed by atoms with van der Waals surface area (Å²) in [5.74, 6) is 0.634. The lowest BCUT2D eigenvalue weighted by atomic mass is 9.90. The fourth-order valence-electron chi connectivity index (χ4n) is 2.19. The number of carbonyl (C=O) groups is 1. The van der Waals surface area contributed by atoms with Crippen molar-refractivity contribution >= 4 is 21.8 Å². The van der Waals surface area contributed by atoms with Gasteiger partial charge in [0.05, 0.1) is 12.1 Å². The summed E-state index contributed by atoms with van der Waals surface area (Å²) in [7, 11) is 0. The number of rotatable bonds is 5. The van der Waals surface area contributed by atoms with Crippen LogP contribution in [0.5, 0.6) is 5.75 Å². The number of ether oxygens (including phenoxy) is 2. The van der Waals surface area contributed by atoms with E-state index in [2.05, 4.69) is 21.2 Å². The summed E-state index contributed by atoms with van der Waals surface area (Å²) in [6.45, 7) is 3.40. The zero-order valence-corrected chi connectivity index (χ0v) is 13.7. The molecule has 0 spiro atoms. The molecule has 1 aliphatic rings. The molecule has 0 bridgehead atoms. The number of nitrogens with one attached hydrogen (secondary N) is 1. The Morgan fingerprint density at radius 3 is 2.90 bits per heavy atom. The molecule has 5 nitrogen and oxygen atoms in total. The van der Waals surface area contributed by atoms with Gasteiger partial charge in [-0.05, 0) is 38.0 Å². The minimum atomic E-state index is -0.812. The van der Waals surface area contributed by atoms with Crippen molar-refractivity contribution in [3.8, 4) is 5.75 Å². The van der Waals surface area contributed by atoms with Crippen LogP contribution in [0.1, 0.15) is 19.8 Å². The molecule has 1 aliphatic heterocycles. The van der Waals surface area contributed by atoms with Crippen molar-refractivity contribution in [1.29, 1.82) is 0 Å². The molecule has 1 saturated heterocycles. The molecule has 21 heavy (non-hydrogen) atoms. The average molecular weight is 357 g/mol. The minimum absolute atomic E-state index is 0.129. The predicted molar refractivity (Wildman–Crippen MR) is 84.2 cm³/mol. The molecule has 1 heterocycles. The summed E-state index contributed by atoms with van der Waals surface area (Å²) >= 11 is 3.40. The molecule has 1 unspecified atom stereocenters. The first-order chi connectivity index (χ1) is 9.99. The van der Waals surface area contributed by atoms with Crippen molar-refractivity contribution in [3.63, 3.8) is 0 Å². The van der Waals surface area contributed by atoms with Crippen LogP contribution in [0.15, 0.2) is 28.7 Å². The van der Waals surface area contributed by atoms with Crippen LogP contribution in [0.2, 0.25) is 0 Å². The number of nitrogens with two attached hydrogens (primary N) is 1. The molecule has 1 aromatic carbocycles. The Bertz CT molecular complexity index is 490. The predicted octanol–water partition coefficient (Wildman–Crippen LogP) is 1.84. The number of carbonyl (C=O) groups excluding carboxylic acids is 1. The van der Waals surface area contributed by atoms with Crippen LogP contribution in [0.3, 0.4) is 0 Å². The highest BCUT2D eigenvalue weighted by Gasteiger charge is 2.35. The van der Waals surface area contributed by atoms with Gasteiger partial charge in [0.15, 0.2) is 0 Å². The van der Waals surface area contributed by atoms with Gasteiger partial charge in [-0.3, -0.25) is 4.79 Å². The van der Waals surface area contributed by atoms with Gasteiger partial charge in [-0.2, -0.15) is 0 Å². The van der Waals surface area contributed by atoms with Crippen LogP contribution in [-0.4, -0.2) is 37.3 Å². The third-order valence-corrected chi connectivity index (χ3v) is 4.01. The third kappa shape index (κ3) is 4.69. The second kappa shape index (κ2) is 7.24. The summed E-state index contributed by atoms with van der Waals surface area (Å²) in [6, 6.07) is 7.61. The topological polar surface area (TPSA) is 73.6 Å². The largest absolute Gasteiger partial charge is 0.489 e. The van der Waals surface area contributed by atoms with Crippen LogP contribution < -0.4 is 15.8 Å². The van der Waals surface area contributed by atoms with E-state index in [1.807, 2.05) is 31.2 Å². The highest BCUT2D eigenvalue weighted by atomic mass is 79.9. The molecule has 116 valence electrons. The lowest BCUT2D eigenvalue weighted by Gasteiger charge is -2.32. The van der Waals surface area contributed by atoms with Crippen LogP contribution in [0.4, 0.5) is 0 Å². The molecule has 0 saturated carbocycles. The Kier molecular flexibility index (Phi) is 5.61. The third-order valence-electron chi connectivity index (χ3n) is 3.52. The van der Waals surface area contributed by atoms with Gasteiger partial charge in [0.1, 0.15) is 11.9 Å². The fraction of sp³-hybridized carbons (Fsp3) is 0.533. The summed E-state index contributed by atoms with van der Waals surface area (Å²) in [5.41, 5.74) is 5.31.